The Hall–Kier alpha value is -3.58. The number of piperazine rings is 1. The van der Waals surface area contributed by atoms with E-state index >= 15 is 0 Å². The summed E-state index contributed by atoms with van der Waals surface area (Å²) in [5.74, 6) is 0.0617. The standard InChI is InChI=1S/C27H28FN3O3/c28-22-6-2-20(3-7-22)18-21-4-8-23(9-5-21)31-15-13-30(14-16-31)12-1-17-33-24-10-11-25-26(19-24)34-27(32)29-25/h2-11,19H,1,12-18H2,(H,29,32). The van der Waals surface area contributed by atoms with E-state index in [9.17, 15) is 9.18 Å². The largest absolute Gasteiger partial charge is 0.493 e. The van der Waals surface area contributed by atoms with Crippen molar-refractivity contribution in [1.82, 2.24) is 9.88 Å². The van der Waals surface area contributed by atoms with Crippen molar-refractivity contribution in [2.24, 2.45) is 0 Å². The van der Waals surface area contributed by atoms with E-state index in [4.69, 9.17) is 9.15 Å². The Morgan fingerprint density at radius 3 is 2.35 bits per heavy atom. The molecule has 1 saturated heterocycles. The fourth-order valence-electron chi connectivity index (χ4n) is 4.39. The van der Waals surface area contributed by atoms with Crippen molar-refractivity contribution in [2.45, 2.75) is 12.8 Å². The average Bonchev–Trinajstić information content (AvgIpc) is 3.23. The molecular weight excluding hydrogens is 433 g/mol. The second-order valence-electron chi connectivity index (χ2n) is 8.67. The molecule has 34 heavy (non-hydrogen) atoms. The van der Waals surface area contributed by atoms with E-state index in [0.29, 0.717) is 23.5 Å². The van der Waals surface area contributed by atoms with E-state index in [1.165, 1.54) is 23.4 Å². The lowest BCUT2D eigenvalue weighted by Crippen LogP contribution is -2.46. The molecule has 0 radical (unpaired) electrons. The molecule has 1 aromatic heterocycles. The van der Waals surface area contributed by atoms with Crippen molar-refractivity contribution < 1.29 is 13.5 Å². The Bertz CT molecular complexity index is 1270. The van der Waals surface area contributed by atoms with E-state index in [1.807, 2.05) is 18.2 Å². The van der Waals surface area contributed by atoms with Crippen molar-refractivity contribution in [3.63, 3.8) is 0 Å². The van der Waals surface area contributed by atoms with Gasteiger partial charge in [0.05, 0.1) is 12.1 Å². The van der Waals surface area contributed by atoms with Gasteiger partial charge in [0.2, 0.25) is 0 Å². The molecule has 1 N–H and O–H groups in total. The zero-order valence-corrected chi connectivity index (χ0v) is 19.0. The zero-order chi connectivity index (χ0) is 23.3. The van der Waals surface area contributed by atoms with E-state index in [0.717, 1.165) is 51.1 Å². The molecule has 0 saturated carbocycles. The zero-order valence-electron chi connectivity index (χ0n) is 19.0. The summed E-state index contributed by atoms with van der Waals surface area (Å²) >= 11 is 0. The monoisotopic (exact) mass is 461 g/mol. The van der Waals surface area contributed by atoms with Crippen LogP contribution in [0.5, 0.6) is 5.75 Å². The molecule has 0 aliphatic carbocycles. The van der Waals surface area contributed by atoms with Crippen LogP contribution in [0.1, 0.15) is 17.5 Å². The number of benzene rings is 3. The minimum Gasteiger partial charge on any atom is -0.493 e. The lowest BCUT2D eigenvalue weighted by Gasteiger charge is -2.36. The number of aromatic nitrogens is 1. The predicted molar refractivity (Wildman–Crippen MR) is 131 cm³/mol. The summed E-state index contributed by atoms with van der Waals surface area (Å²) in [5.41, 5.74) is 4.78. The minimum atomic E-state index is -0.452. The summed E-state index contributed by atoms with van der Waals surface area (Å²) in [6.45, 7) is 5.67. The molecule has 5 rings (SSSR count). The SMILES string of the molecule is O=c1[nH]c2ccc(OCCCN3CCN(c4ccc(Cc5ccc(F)cc5)cc4)CC3)cc2o1. The number of aromatic amines is 1. The summed E-state index contributed by atoms with van der Waals surface area (Å²) in [6.07, 6.45) is 1.75. The third-order valence-electron chi connectivity index (χ3n) is 6.28. The molecule has 0 spiro atoms. The van der Waals surface area contributed by atoms with Gasteiger partial charge in [-0.25, -0.2) is 9.18 Å². The maximum atomic E-state index is 13.1. The second-order valence-corrected chi connectivity index (χ2v) is 8.67. The van der Waals surface area contributed by atoms with Crippen molar-refractivity contribution in [1.29, 1.82) is 0 Å². The highest BCUT2D eigenvalue weighted by Gasteiger charge is 2.17. The Balaban J connectivity index is 1.04. The van der Waals surface area contributed by atoms with Crippen LogP contribution in [0.3, 0.4) is 0 Å². The van der Waals surface area contributed by atoms with Crippen LogP contribution < -0.4 is 15.4 Å². The molecule has 3 aromatic carbocycles. The number of nitrogens with zero attached hydrogens (tertiary/aromatic N) is 2. The molecular formula is C27H28FN3O3. The molecule has 0 amide bonds. The van der Waals surface area contributed by atoms with E-state index in [2.05, 4.69) is 39.0 Å². The first-order valence-electron chi connectivity index (χ1n) is 11.7. The van der Waals surface area contributed by atoms with Gasteiger partial charge >= 0.3 is 5.76 Å². The summed E-state index contributed by atoms with van der Waals surface area (Å²) in [4.78, 5) is 18.8. The van der Waals surface area contributed by atoms with Gasteiger partial charge in [0, 0.05) is 44.5 Å². The topological polar surface area (TPSA) is 61.7 Å². The number of hydrogen-bond donors (Lipinski definition) is 1. The number of nitrogens with one attached hydrogen (secondary N) is 1. The van der Waals surface area contributed by atoms with Crippen molar-refractivity contribution in [3.8, 4) is 5.75 Å². The van der Waals surface area contributed by atoms with E-state index < -0.39 is 5.76 Å². The fourth-order valence-corrected chi connectivity index (χ4v) is 4.39. The van der Waals surface area contributed by atoms with Gasteiger partial charge in [-0.1, -0.05) is 24.3 Å². The van der Waals surface area contributed by atoms with E-state index in [1.54, 1.807) is 12.1 Å². The number of fused-ring (bicyclic) bond motifs is 1. The first-order valence-corrected chi connectivity index (χ1v) is 11.7. The molecule has 0 atom stereocenters. The van der Waals surface area contributed by atoms with Crippen LogP contribution >= 0.6 is 0 Å². The molecule has 176 valence electrons. The van der Waals surface area contributed by atoms with Crippen molar-refractivity contribution in [3.05, 3.63) is 94.2 Å². The predicted octanol–water partition coefficient (Wildman–Crippen LogP) is 4.44. The van der Waals surface area contributed by atoms with Crippen LogP contribution in [0.2, 0.25) is 0 Å². The van der Waals surface area contributed by atoms with Crippen molar-refractivity contribution in [2.75, 3.05) is 44.2 Å². The highest BCUT2D eigenvalue weighted by atomic mass is 19.1. The van der Waals surface area contributed by atoms with Gasteiger partial charge in [-0.2, -0.15) is 0 Å². The smallest absolute Gasteiger partial charge is 0.417 e. The summed E-state index contributed by atoms with van der Waals surface area (Å²) in [5, 5.41) is 0. The third-order valence-corrected chi connectivity index (χ3v) is 6.28. The van der Waals surface area contributed by atoms with E-state index in [-0.39, 0.29) is 5.82 Å². The molecule has 0 bridgehead atoms. The van der Waals surface area contributed by atoms with Gasteiger partial charge in [-0.3, -0.25) is 9.88 Å². The average molecular weight is 462 g/mol. The molecule has 1 fully saturated rings. The maximum absolute atomic E-state index is 13.1. The molecule has 2 heterocycles. The van der Waals surface area contributed by atoms with Crippen LogP contribution in [0.4, 0.5) is 10.1 Å². The van der Waals surface area contributed by atoms with Gasteiger partial charge < -0.3 is 14.1 Å². The normalized spacial score (nSPS) is 14.6. The Kier molecular flexibility index (Phi) is 6.62. The Morgan fingerprint density at radius 2 is 1.62 bits per heavy atom. The summed E-state index contributed by atoms with van der Waals surface area (Å²) < 4.78 is 24.0. The number of rotatable bonds is 8. The summed E-state index contributed by atoms with van der Waals surface area (Å²) in [6, 6.07) is 20.8. The minimum absolute atomic E-state index is 0.198. The number of H-pyrrole nitrogens is 1. The molecule has 4 aromatic rings. The first kappa shape index (κ1) is 22.2. The number of halogens is 1. The maximum Gasteiger partial charge on any atom is 0.417 e. The van der Waals surface area contributed by atoms with Crippen LogP contribution in [0.25, 0.3) is 11.1 Å². The van der Waals surface area contributed by atoms with Crippen LogP contribution in [-0.4, -0.2) is 49.2 Å². The van der Waals surface area contributed by atoms with Crippen LogP contribution in [0.15, 0.2) is 75.9 Å². The third kappa shape index (κ3) is 5.48. The van der Waals surface area contributed by atoms with Crippen molar-refractivity contribution >= 4 is 16.8 Å². The van der Waals surface area contributed by atoms with Gasteiger partial charge in [-0.05, 0) is 60.4 Å². The van der Waals surface area contributed by atoms with Crippen LogP contribution in [-0.2, 0) is 6.42 Å². The van der Waals surface area contributed by atoms with Gasteiger partial charge in [0.15, 0.2) is 5.58 Å². The summed E-state index contributed by atoms with van der Waals surface area (Å²) in [7, 11) is 0. The highest BCUT2D eigenvalue weighted by Crippen LogP contribution is 2.20. The molecule has 1 aliphatic rings. The lowest BCUT2D eigenvalue weighted by molar-refractivity contribution is 0.225. The van der Waals surface area contributed by atoms with Crippen LogP contribution in [0, 0.1) is 5.82 Å². The molecule has 6 nitrogen and oxygen atoms in total. The quantitative estimate of drug-likeness (QED) is 0.393. The number of oxazole rings is 1. The highest BCUT2D eigenvalue weighted by molar-refractivity contribution is 5.73. The molecule has 7 heteroatoms. The van der Waals surface area contributed by atoms with Gasteiger partial charge in [0.25, 0.3) is 0 Å². The van der Waals surface area contributed by atoms with Gasteiger partial charge in [0.1, 0.15) is 11.6 Å². The molecule has 1 aliphatic heterocycles. The lowest BCUT2D eigenvalue weighted by atomic mass is 10.0. The molecule has 0 unspecified atom stereocenters. The first-order chi connectivity index (χ1) is 16.6. The number of anilines is 1. The van der Waals surface area contributed by atoms with Gasteiger partial charge in [-0.15, -0.1) is 0 Å². The fraction of sp³-hybridized carbons (Fsp3) is 0.296. The number of hydrogen-bond acceptors (Lipinski definition) is 5. The number of ether oxygens (including phenoxy) is 1. The Morgan fingerprint density at radius 1 is 0.912 bits per heavy atom. The Labute approximate surface area is 197 Å². The second kappa shape index (κ2) is 10.1.